The largest absolute Gasteiger partial charge is 0.467 e. The summed E-state index contributed by atoms with van der Waals surface area (Å²) in [5.74, 6) is 0.947. The first kappa shape index (κ1) is 13.1. The molecule has 0 aliphatic rings. The van der Waals surface area contributed by atoms with Crippen LogP contribution >= 0.6 is 38.5 Å². The molecule has 0 radical (unpaired) electrons. The third-order valence-corrected chi connectivity index (χ3v) is 3.98. The summed E-state index contributed by atoms with van der Waals surface area (Å²) in [4.78, 5) is 0. The Hall–Kier alpha value is -0.330. The third kappa shape index (κ3) is 3.11. The fourth-order valence-corrected chi connectivity index (χ4v) is 2.78. The lowest BCUT2D eigenvalue weighted by Crippen LogP contribution is -2.22. The highest BCUT2D eigenvalue weighted by Crippen LogP contribution is 2.29. The second-order valence-corrected chi connectivity index (χ2v) is 5.75. The van der Waals surface area contributed by atoms with Gasteiger partial charge in [0.05, 0.1) is 12.3 Å². The molecule has 2 nitrogen and oxygen atoms in total. The van der Waals surface area contributed by atoms with E-state index in [2.05, 4.69) is 69.0 Å². The molecule has 90 valence electrons. The van der Waals surface area contributed by atoms with E-state index in [4.69, 9.17) is 4.42 Å². The van der Waals surface area contributed by atoms with Gasteiger partial charge in [0.15, 0.2) is 0 Å². The zero-order chi connectivity index (χ0) is 12.3. The highest BCUT2D eigenvalue weighted by atomic mass is 127. The number of rotatable bonds is 4. The van der Waals surface area contributed by atoms with E-state index in [9.17, 15) is 0 Å². The van der Waals surface area contributed by atoms with Crippen LogP contribution < -0.4 is 5.32 Å². The van der Waals surface area contributed by atoms with E-state index >= 15 is 0 Å². The van der Waals surface area contributed by atoms with Crippen LogP contribution in [0.5, 0.6) is 0 Å². The van der Waals surface area contributed by atoms with E-state index < -0.39 is 0 Å². The number of benzene rings is 1. The van der Waals surface area contributed by atoms with Gasteiger partial charge in [0, 0.05) is 8.04 Å². The minimum Gasteiger partial charge on any atom is -0.467 e. The molecule has 0 aliphatic heterocycles. The molecule has 1 unspecified atom stereocenters. The van der Waals surface area contributed by atoms with E-state index in [1.807, 2.05) is 12.1 Å². The van der Waals surface area contributed by atoms with Crippen LogP contribution in [0.1, 0.15) is 24.3 Å². The molecule has 1 atom stereocenters. The van der Waals surface area contributed by atoms with Crippen LogP contribution in [0.2, 0.25) is 0 Å². The molecular formula is C13H13BrINO. The Morgan fingerprint density at radius 3 is 2.88 bits per heavy atom. The van der Waals surface area contributed by atoms with Gasteiger partial charge in [0.1, 0.15) is 5.76 Å². The van der Waals surface area contributed by atoms with Gasteiger partial charge >= 0.3 is 0 Å². The second-order valence-electron chi connectivity index (χ2n) is 3.67. The summed E-state index contributed by atoms with van der Waals surface area (Å²) in [5.41, 5.74) is 1.23. The molecule has 1 heterocycles. The normalized spacial score (nSPS) is 12.6. The minimum atomic E-state index is 0.111. The van der Waals surface area contributed by atoms with Gasteiger partial charge in [-0.05, 0) is 65.0 Å². The summed E-state index contributed by atoms with van der Waals surface area (Å²) in [5, 5.41) is 3.45. The van der Waals surface area contributed by atoms with E-state index in [1.165, 1.54) is 9.13 Å². The Morgan fingerprint density at radius 2 is 2.24 bits per heavy atom. The molecule has 1 aromatic heterocycles. The van der Waals surface area contributed by atoms with E-state index in [0.29, 0.717) is 0 Å². The maximum atomic E-state index is 5.52. The Bertz CT molecular complexity index is 484. The van der Waals surface area contributed by atoms with Gasteiger partial charge < -0.3 is 9.73 Å². The molecule has 2 rings (SSSR count). The van der Waals surface area contributed by atoms with E-state index in [-0.39, 0.29) is 6.04 Å². The molecular weight excluding hydrogens is 393 g/mol. The predicted octanol–water partition coefficient (Wildman–Crippen LogP) is 4.35. The zero-order valence-corrected chi connectivity index (χ0v) is 13.2. The topological polar surface area (TPSA) is 25.2 Å². The molecule has 1 N–H and O–H groups in total. The van der Waals surface area contributed by atoms with Crippen molar-refractivity contribution in [2.24, 2.45) is 0 Å². The fourth-order valence-electron chi connectivity index (χ4n) is 1.76. The van der Waals surface area contributed by atoms with Crippen LogP contribution in [0.4, 0.5) is 0 Å². The van der Waals surface area contributed by atoms with Gasteiger partial charge in [-0.1, -0.05) is 22.9 Å². The van der Waals surface area contributed by atoms with Gasteiger partial charge in [-0.3, -0.25) is 0 Å². The average Bonchev–Trinajstić information content (AvgIpc) is 2.83. The molecule has 0 saturated heterocycles. The molecule has 0 aliphatic carbocycles. The summed E-state index contributed by atoms with van der Waals surface area (Å²) in [6.07, 6.45) is 1.71. The molecule has 4 heteroatoms. The Labute approximate surface area is 123 Å². The predicted molar refractivity (Wildman–Crippen MR) is 81.1 cm³/mol. The van der Waals surface area contributed by atoms with Crippen LogP contribution in [-0.4, -0.2) is 6.54 Å². The van der Waals surface area contributed by atoms with Crippen LogP contribution in [0.3, 0.4) is 0 Å². The third-order valence-electron chi connectivity index (χ3n) is 2.50. The highest BCUT2D eigenvalue weighted by Gasteiger charge is 2.18. The lowest BCUT2D eigenvalue weighted by molar-refractivity contribution is 0.451. The highest BCUT2D eigenvalue weighted by molar-refractivity contribution is 14.1. The first-order chi connectivity index (χ1) is 8.22. The van der Waals surface area contributed by atoms with Crippen LogP contribution in [0, 0.1) is 3.57 Å². The SMILES string of the molecule is CCNC(c1ccco1)c1cc(Br)ccc1I. The zero-order valence-electron chi connectivity index (χ0n) is 9.41. The van der Waals surface area contributed by atoms with Gasteiger partial charge in [-0.15, -0.1) is 0 Å². The van der Waals surface area contributed by atoms with Gasteiger partial charge in [-0.25, -0.2) is 0 Å². The lowest BCUT2D eigenvalue weighted by Gasteiger charge is -2.17. The van der Waals surface area contributed by atoms with Crippen molar-refractivity contribution in [3.63, 3.8) is 0 Å². The number of halogens is 2. The van der Waals surface area contributed by atoms with E-state index in [1.54, 1.807) is 6.26 Å². The van der Waals surface area contributed by atoms with Crippen molar-refractivity contribution in [2.75, 3.05) is 6.54 Å². The average molecular weight is 406 g/mol. The van der Waals surface area contributed by atoms with Crippen molar-refractivity contribution in [3.05, 3.63) is 56.0 Å². The smallest absolute Gasteiger partial charge is 0.125 e. The quantitative estimate of drug-likeness (QED) is 0.765. The van der Waals surface area contributed by atoms with Crippen molar-refractivity contribution in [1.29, 1.82) is 0 Å². The summed E-state index contributed by atoms with van der Waals surface area (Å²) in [6, 6.07) is 10.3. The molecule has 0 fully saturated rings. The number of hydrogen-bond donors (Lipinski definition) is 1. The fraction of sp³-hybridized carbons (Fsp3) is 0.231. The Morgan fingerprint density at radius 1 is 1.41 bits per heavy atom. The van der Waals surface area contributed by atoms with Gasteiger partial charge in [0.2, 0.25) is 0 Å². The van der Waals surface area contributed by atoms with Crippen molar-refractivity contribution < 1.29 is 4.42 Å². The van der Waals surface area contributed by atoms with Crippen LogP contribution in [0.15, 0.2) is 45.5 Å². The maximum absolute atomic E-state index is 5.52. The van der Waals surface area contributed by atoms with Gasteiger partial charge in [0.25, 0.3) is 0 Å². The second kappa shape index (κ2) is 6.02. The van der Waals surface area contributed by atoms with E-state index in [0.717, 1.165) is 16.8 Å². The van der Waals surface area contributed by atoms with Gasteiger partial charge in [-0.2, -0.15) is 0 Å². The van der Waals surface area contributed by atoms with Crippen molar-refractivity contribution in [2.45, 2.75) is 13.0 Å². The number of nitrogens with one attached hydrogen (secondary N) is 1. The monoisotopic (exact) mass is 405 g/mol. The van der Waals surface area contributed by atoms with Crippen LogP contribution in [0.25, 0.3) is 0 Å². The van der Waals surface area contributed by atoms with Crippen molar-refractivity contribution in [3.8, 4) is 0 Å². The molecule has 0 saturated carbocycles. The molecule has 0 amide bonds. The minimum absolute atomic E-state index is 0.111. The maximum Gasteiger partial charge on any atom is 0.125 e. The number of furan rings is 1. The Balaban J connectivity index is 2.42. The molecule has 0 bridgehead atoms. The summed E-state index contributed by atoms with van der Waals surface area (Å²) in [7, 11) is 0. The number of hydrogen-bond acceptors (Lipinski definition) is 2. The van der Waals surface area contributed by atoms with Crippen LogP contribution in [-0.2, 0) is 0 Å². The molecule has 0 spiro atoms. The van der Waals surface area contributed by atoms with Crippen molar-refractivity contribution >= 4 is 38.5 Å². The summed E-state index contributed by atoms with van der Waals surface area (Å²) in [6.45, 7) is 2.99. The molecule has 2 aromatic rings. The van der Waals surface area contributed by atoms with Crippen molar-refractivity contribution in [1.82, 2.24) is 5.32 Å². The standard InChI is InChI=1S/C13H13BrINO/c1-2-16-13(12-4-3-7-17-12)10-8-9(14)5-6-11(10)15/h3-8,13,16H,2H2,1H3. The lowest BCUT2D eigenvalue weighted by atomic mass is 10.0. The summed E-state index contributed by atoms with van der Waals surface area (Å²) < 4.78 is 7.83. The summed E-state index contributed by atoms with van der Waals surface area (Å²) >= 11 is 5.87. The first-order valence-corrected chi connectivity index (χ1v) is 7.31. The Kier molecular flexibility index (Phi) is 4.64. The molecule has 1 aromatic carbocycles. The molecule has 17 heavy (non-hydrogen) atoms. The first-order valence-electron chi connectivity index (χ1n) is 5.44.